The molecule has 0 aromatic heterocycles. The summed E-state index contributed by atoms with van der Waals surface area (Å²) in [7, 11) is 0. The molecule has 2 aromatic carbocycles. The maximum atomic E-state index is 13.5. The Kier molecular flexibility index (Phi) is 7.50. The first kappa shape index (κ1) is 21.8. The molecule has 160 valence electrons. The molecule has 0 radical (unpaired) electrons. The summed E-state index contributed by atoms with van der Waals surface area (Å²) in [6.07, 6.45) is 4.30. The van der Waals surface area contributed by atoms with Crippen LogP contribution in [0.5, 0.6) is 0 Å². The van der Waals surface area contributed by atoms with E-state index in [0.29, 0.717) is 17.7 Å². The zero-order valence-electron chi connectivity index (χ0n) is 17.1. The predicted octanol–water partition coefficient (Wildman–Crippen LogP) is 5.97. The predicted molar refractivity (Wildman–Crippen MR) is 125 cm³/mol. The normalized spacial score (nSPS) is 20.8. The molecular formula is C24H28BrFN2OS. The number of likely N-dealkylation sites (tertiary alicyclic amines) is 1. The molecule has 2 aliphatic rings. The average Bonchev–Trinajstić information content (AvgIpc) is 3.10. The van der Waals surface area contributed by atoms with Crippen LogP contribution in [0.4, 0.5) is 9.18 Å². The van der Waals surface area contributed by atoms with Crippen molar-refractivity contribution in [3.8, 4) is 0 Å². The molecule has 0 N–H and O–H groups in total. The lowest BCUT2D eigenvalue weighted by Gasteiger charge is -2.32. The SMILES string of the molecule is O=C1SC(CCN2CCC(Cc3cc(F)ccc3Br)CC2)CN1Cc1ccccc1. The van der Waals surface area contributed by atoms with Crippen LogP contribution in [0.2, 0.25) is 0 Å². The summed E-state index contributed by atoms with van der Waals surface area (Å²) in [5.74, 6) is 0.457. The van der Waals surface area contributed by atoms with Gasteiger partial charge in [-0.25, -0.2) is 4.39 Å². The molecule has 2 aliphatic heterocycles. The second kappa shape index (κ2) is 10.3. The van der Waals surface area contributed by atoms with Crippen molar-refractivity contribution in [1.29, 1.82) is 0 Å². The van der Waals surface area contributed by atoms with Crippen LogP contribution >= 0.6 is 27.7 Å². The smallest absolute Gasteiger partial charge is 0.282 e. The molecule has 30 heavy (non-hydrogen) atoms. The van der Waals surface area contributed by atoms with Gasteiger partial charge < -0.3 is 9.80 Å². The molecule has 1 amide bonds. The number of piperidine rings is 1. The molecule has 0 aliphatic carbocycles. The van der Waals surface area contributed by atoms with Crippen LogP contribution in [-0.4, -0.2) is 46.5 Å². The van der Waals surface area contributed by atoms with Gasteiger partial charge in [-0.05, 0) is 80.6 Å². The van der Waals surface area contributed by atoms with E-state index in [2.05, 4.69) is 33.0 Å². The van der Waals surface area contributed by atoms with Gasteiger partial charge in [0.2, 0.25) is 0 Å². The van der Waals surface area contributed by atoms with Gasteiger partial charge in [0.05, 0.1) is 0 Å². The molecule has 2 heterocycles. The lowest BCUT2D eigenvalue weighted by molar-refractivity contribution is 0.180. The van der Waals surface area contributed by atoms with Crippen molar-refractivity contribution in [3.05, 3.63) is 69.9 Å². The Bertz CT molecular complexity index is 858. The van der Waals surface area contributed by atoms with Gasteiger partial charge in [0.25, 0.3) is 5.24 Å². The van der Waals surface area contributed by atoms with Crippen molar-refractivity contribution >= 4 is 32.9 Å². The second-order valence-electron chi connectivity index (χ2n) is 8.39. The summed E-state index contributed by atoms with van der Waals surface area (Å²) in [6.45, 7) is 4.81. The molecule has 0 saturated carbocycles. The van der Waals surface area contributed by atoms with E-state index in [1.165, 1.54) is 23.4 Å². The molecule has 1 unspecified atom stereocenters. The van der Waals surface area contributed by atoms with Crippen LogP contribution in [0.25, 0.3) is 0 Å². The first-order valence-corrected chi connectivity index (χ1v) is 12.4. The molecule has 0 bridgehead atoms. The summed E-state index contributed by atoms with van der Waals surface area (Å²) >= 11 is 5.06. The fourth-order valence-electron chi connectivity index (χ4n) is 4.41. The molecule has 2 aromatic rings. The van der Waals surface area contributed by atoms with Gasteiger partial charge in [-0.3, -0.25) is 4.79 Å². The number of rotatable bonds is 7. The number of benzene rings is 2. The van der Waals surface area contributed by atoms with Crippen LogP contribution in [0, 0.1) is 11.7 Å². The zero-order valence-corrected chi connectivity index (χ0v) is 19.5. The van der Waals surface area contributed by atoms with Gasteiger partial charge in [0.1, 0.15) is 5.82 Å². The highest BCUT2D eigenvalue weighted by molar-refractivity contribution is 9.10. The van der Waals surface area contributed by atoms with E-state index in [1.54, 1.807) is 12.1 Å². The molecule has 1 atom stereocenters. The van der Waals surface area contributed by atoms with Crippen LogP contribution in [-0.2, 0) is 13.0 Å². The summed E-state index contributed by atoms with van der Waals surface area (Å²) in [5.41, 5.74) is 2.27. The number of thioether (sulfide) groups is 1. The van der Waals surface area contributed by atoms with Crippen LogP contribution in [0.3, 0.4) is 0 Å². The van der Waals surface area contributed by atoms with Crippen molar-refractivity contribution in [2.24, 2.45) is 5.92 Å². The maximum absolute atomic E-state index is 13.5. The number of hydrogen-bond acceptors (Lipinski definition) is 3. The van der Waals surface area contributed by atoms with Gasteiger partial charge in [-0.2, -0.15) is 0 Å². The van der Waals surface area contributed by atoms with Gasteiger partial charge in [-0.15, -0.1) is 0 Å². The van der Waals surface area contributed by atoms with E-state index < -0.39 is 0 Å². The lowest BCUT2D eigenvalue weighted by atomic mass is 9.90. The van der Waals surface area contributed by atoms with Crippen molar-refractivity contribution in [1.82, 2.24) is 9.80 Å². The Morgan fingerprint density at radius 3 is 2.63 bits per heavy atom. The number of nitrogens with zero attached hydrogens (tertiary/aromatic N) is 2. The molecule has 2 saturated heterocycles. The van der Waals surface area contributed by atoms with Crippen molar-refractivity contribution in [3.63, 3.8) is 0 Å². The largest absolute Gasteiger partial charge is 0.328 e. The number of amides is 1. The number of carbonyl (C=O) groups is 1. The van der Waals surface area contributed by atoms with E-state index >= 15 is 0 Å². The van der Waals surface area contributed by atoms with E-state index in [4.69, 9.17) is 0 Å². The first-order valence-electron chi connectivity index (χ1n) is 10.7. The van der Waals surface area contributed by atoms with E-state index in [-0.39, 0.29) is 11.1 Å². The highest BCUT2D eigenvalue weighted by atomic mass is 79.9. The van der Waals surface area contributed by atoms with E-state index in [9.17, 15) is 9.18 Å². The standard InChI is InChI=1S/C24H28BrFN2OS/c25-23-7-6-21(26)15-20(23)14-18-8-11-27(12-9-18)13-10-22-17-28(24(29)30-22)16-19-4-2-1-3-5-19/h1-7,15,18,22H,8-14,16-17H2. The average molecular weight is 491 g/mol. The quantitative estimate of drug-likeness (QED) is 0.477. The van der Waals surface area contributed by atoms with Gasteiger partial charge in [0.15, 0.2) is 0 Å². The third-order valence-electron chi connectivity index (χ3n) is 6.16. The third kappa shape index (κ3) is 5.86. The van der Waals surface area contributed by atoms with Crippen LogP contribution in [0.1, 0.15) is 30.4 Å². The number of halogens is 2. The molecule has 3 nitrogen and oxygen atoms in total. The lowest BCUT2D eigenvalue weighted by Crippen LogP contribution is -2.36. The fourth-order valence-corrected chi connectivity index (χ4v) is 5.87. The topological polar surface area (TPSA) is 23.6 Å². The van der Waals surface area contributed by atoms with Crippen molar-refractivity contribution in [2.75, 3.05) is 26.2 Å². The van der Waals surface area contributed by atoms with Crippen LogP contribution < -0.4 is 0 Å². The third-order valence-corrected chi connectivity index (χ3v) is 8.11. The zero-order chi connectivity index (χ0) is 20.9. The highest BCUT2D eigenvalue weighted by Gasteiger charge is 2.31. The van der Waals surface area contributed by atoms with Gasteiger partial charge >= 0.3 is 0 Å². The summed E-state index contributed by atoms with van der Waals surface area (Å²) in [6, 6.07) is 15.2. The van der Waals surface area contributed by atoms with E-state index in [0.717, 1.165) is 61.9 Å². The van der Waals surface area contributed by atoms with E-state index in [1.807, 2.05) is 23.1 Å². The van der Waals surface area contributed by atoms with Crippen molar-refractivity contribution in [2.45, 2.75) is 37.5 Å². The Morgan fingerprint density at radius 2 is 1.87 bits per heavy atom. The Labute approximate surface area is 191 Å². The fraction of sp³-hybridized carbons (Fsp3) is 0.458. The van der Waals surface area contributed by atoms with Gasteiger partial charge in [-0.1, -0.05) is 58.0 Å². The Morgan fingerprint density at radius 1 is 1.10 bits per heavy atom. The monoisotopic (exact) mass is 490 g/mol. The minimum Gasteiger partial charge on any atom is -0.328 e. The number of carbonyl (C=O) groups excluding carboxylic acids is 1. The number of hydrogen-bond donors (Lipinski definition) is 0. The van der Waals surface area contributed by atoms with Gasteiger partial charge in [0, 0.05) is 22.8 Å². The molecule has 2 fully saturated rings. The first-order chi connectivity index (χ1) is 14.6. The summed E-state index contributed by atoms with van der Waals surface area (Å²) in [4.78, 5) is 16.9. The molecule has 0 spiro atoms. The van der Waals surface area contributed by atoms with Crippen LogP contribution in [0.15, 0.2) is 53.0 Å². The minimum atomic E-state index is -0.157. The summed E-state index contributed by atoms with van der Waals surface area (Å²) in [5, 5.41) is 0.602. The summed E-state index contributed by atoms with van der Waals surface area (Å²) < 4.78 is 14.5. The van der Waals surface area contributed by atoms with Crippen molar-refractivity contribution < 1.29 is 9.18 Å². The maximum Gasteiger partial charge on any atom is 0.282 e. The minimum absolute atomic E-state index is 0.157. The molecular weight excluding hydrogens is 463 g/mol. The molecule has 4 rings (SSSR count). The Balaban J connectivity index is 1.19. The Hall–Kier alpha value is -1.37. The highest BCUT2D eigenvalue weighted by Crippen LogP contribution is 2.30. The molecule has 6 heteroatoms. The second-order valence-corrected chi connectivity index (χ2v) is 10.5.